The van der Waals surface area contributed by atoms with Crippen LogP contribution >= 0.6 is 11.3 Å². The third-order valence-electron chi connectivity index (χ3n) is 7.92. The van der Waals surface area contributed by atoms with Crippen molar-refractivity contribution in [3.63, 3.8) is 0 Å². The Bertz CT molecular complexity index is 1320. The second-order valence-electron chi connectivity index (χ2n) is 9.60. The average Bonchev–Trinajstić information content (AvgIpc) is 3.46. The fourth-order valence-electron chi connectivity index (χ4n) is 6.20. The lowest BCUT2D eigenvalue weighted by Crippen LogP contribution is -2.63. The van der Waals surface area contributed by atoms with Crippen molar-refractivity contribution in [3.8, 4) is 17.6 Å². The van der Waals surface area contributed by atoms with Crippen molar-refractivity contribution in [1.29, 1.82) is 5.26 Å². The van der Waals surface area contributed by atoms with E-state index in [1.165, 1.54) is 25.7 Å². The smallest absolute Gasteiger partial charge is 0.168 e. The molecule has 1 N–H and O–H groups in total. The highest BCUT2D eigenvalue weighted by molar-refractivity contribution is 7.21. The van der Waals surface area contributed by atoms with Gasteiger partial charge in [-0.2, -0.15) is 10.4 Å². The predicted molar refractivity (Wildman–Crippen MR) is 134 cm³/mol. The molecule has 0 amide bonds. The molecule has 34 heavy (non-hydrogen) atoms. The topological polar surface area (TPSA) is 69.9 Å². The van der Waals surface area contributed by atoms with E-state index in [1.807, 2.05) is 24.3 Å². The monoisotopic (exact) mass is 472 g/mol. The standard InChI is InChI=1S/C27H28N4O2S/c1-32-22-11-8-20(23(13-22)33-2)16-31-26(24-12-18-4-3-5-19(15-28)25(18)34-24)29-30-27(31)14-17-6-9-21(27)10-7-17/h3-5,8,11-13,17,21,30H,6-7,9-10,14,16H2,1-2H3/t17?,21?,27-/m0/s1. The maximum absolute atomic E-state index is 9.61. The Morgan fingerprint density at radius 1 is 1.15 bits per heavy atom. The first-order valence-electron chi connectivity index (χ1n) is 11.9. The molecule has 1 aromatic heterocycles. The molecule has 0 saturated heterocycles. The Kier molecular flexibility index (Phi) is 5.14. The van der Waals surface area contributed by atoms with Gasteiger partial charge < -0.3 is 14.4 Å². The third-order valence-corrected chi connectivity index (χ3v) is 9.10. The minimum absolute atomic E-state index is 0.171. The lowest BCUT2D eigenvalue weighted by Gasteiger charge is -2.54. The Labute approximate surface area is 203 Å². The first kappa shape index (κ1) is 21.3. The molecule has 4 aliphatic rings. The summed E-state index contributed by atoms with van der Waals surface area (Å²) >= 11 is 1.66. The molecule has 7 rings (SSSR count). The van der Waals surface area contributed by atoms with E-state index < -0.39 is 0 Å². The Morgan fingerprint density at radius 3 is 2.71 bits per heavy atom. The SMILES string of the molecule is COc1ccc(CN2C(c3cc4cccc(C#N)c4s3)=NN[C@@]23CC2CCC3CC2)c(OC)c1. The van der Waals surface area contributed by atoms with Crippen LogP contribution in [0.1, 0.15) is 48.1 Å². The third kappa shape index (κ3) is 3.24. The van der Waals surface area contributed by atoms with E-state index in [2.05, 4.69) is 34.6 Å². The van der Waals surface area contributed by atoms with Gasteiger partial charge in [0.05, 0.1) is 35.9 Å². The zero-order chi connectivity index (χ0) is 23.3. The zero-order valence-electron chi connectivity index (χ0n) is 19.5. The number of nitrogens with one attached hydrogen (secondary N) is 1. The number of thiophene rings is 1. The molecule has 2 bridgehead atoms. The zero-order valence-corrected chi connectivity index (χ0v) is 20.3. The maximum Gasteiger partial charge on any atom is 0.168 e. The van der Waals surface area contributed by atoms with Gasteiger partial charge in [0.1, 0.15) is 23.2 Å². The molecule has 174 valence electrons. The Balaban J connectivity index is 1.44. The molecule has 3 aliphatic carbocycles. The first-order chi connectivity index (χ1) is 16.6. The summed E-state index contributed by atoms with van der Waals surface area (Å²) in [7, 11) is 3.39. The molecule has 2 heterocycles. The van der Waals surface area contributed by atoms with Crippen LogP contribution in [0.15, 0.2) is 47.6 Å². The van der Waals surface area contributed by atoms with E-state index in [0.717, 1.165) is 55.8 Å². The summed E-state index contributed by atoms with van der Waals surface area (Å²) < 4.78 is 12.2. The van der Waals surface area contributed by atoms with Crippen LogP contribution in [0.25, 0.3) is 10.1 Å². The van der Waals surface area contributed by atoms with Crippen molar-refractivity contribution in [3.05, 3.63) is 58.5 Å². The van der Waals surface area contributed by atoms with Crippen LogP contribution in [-0.4, -0.2) is 30.6 Å². The van der Waals surface area contributed by atoms with E-state index in [9.17, 15) is 5.26 Å². The molecule has 7 heteroatoms. The van der Waals surface area contributed by atoms with Crippen molar-refractivity contribution in [2.75, 3.05) is 14.2 Å². The Hall–Kier alpha value is -3.24. The fourth-order valence-corrected chi connectivity index (χ4v) is 7.32. The molecule has 3 fully saturated rings. The molecule has 1 atom stereocenters. The number of nitrogens with zero attached hydrogens (tertiary/aromatic N) is 3. The molecule has 2 aromatic carbocycles. The second kappa shape index (κ2) is 8.21. The van der Waals surface area contributed by atoms with Gasteiger partial charge in [0.2, 0.25) is 0 Å². The van der Waals surface area contributed by atoms with Crippen LogP contribution in [-0.2, 0) is 6.54 Å². The van der Waals surface area contributed by atoms with Crippen molar-refractivity contribution in [1.82, 2.24) is 10.3 Å². The second-order valence-corrected chi connectivity index (χ2v) is 10.7. The van der Waals surface area contributed by atoms with E-state index in [0.29, 0.717) is 12.5 Å². The maximum atomic E-state index is 9.61. The highest BCUT2D eigenvalue weighted by Gasteiger charge is 2.55. The summed E-state index contributed by atoms with van der Waals surface area (Å²) in [6, 6.07) is 16.5. The summed E-state index contributed by atoms with van der Waals surface area (Å²) in [6.45, 7) is 0.696. The van der Waals surface area contributed by atoms with Crippen molar-refractivity contribution >= 4 is 27.3 Å². The van der Waals surface area contributed by atoms with E-state index in [1.54, 1.807) is 25.6 Å². The number of hydrazone groups is 1. The minimum atomic E-state index is -0.171. The van der Waals surface area contributed by atoms with Gasteiger partial charge >= 0.3 is 0 Å². The van der Waals surface area contributed by atoms with Crippen LogP contribution in [0, 0.1) is 23.2 Å². The van der Waals surface area contributed by atoms with Gasteiger partial charge in [-0.1, -0.05) is 12.1 Å². The number of ether oxygens (including phenoxy) is 2. The highest BCUT2D eigenvalue weighted by Crippen LogP contribution is 2.51. The number of amidine groups is 1. The quantitative estimate of drug-likeness (QED) is 0.534. The van der Waals surface area contributed by atoms with Crippen LogP contribution in [0.5, 0.6) is 11.5 Å². The summed E-state index contributed by atoms with van der Waals surface area (Å²) in [5, 5.41) is 15.7. The number of rotatable bonds is 5. The molecule has 1 spiro atoms. The molecule has 0 unspecified atom stereocenters. The first-order valence-corrected chi connectivity index (χ1v) is 12.7. The van der Waals surface area contributed by atoms with Gasteiger partial charge in [0.25, 0.3) is 0 Å². The molecular formula is C27H28N4O2S. The van der Waals surface area contributed by atoms with Gasteiger partial charge in [0.15, 0.2) is 5.84 Å². The number of hydrogen-bond donors (Lipinski definition) is 1. The number of benzene rings is 2. The van der Waals surface area contributed by atoms with E-state index in [-0.39, 0.29) is 5.66 Å². The molecule has 6 nitrogen and oxygen atoms in total. The lowest BCUT2D eigenvalue weighted by atomic mass is 9.64. The van der Waals surface area contributed by atoms with Gasteiger partial charge in [-0.15, -0.1) is 11.3 Å². The largest absolute Gasteiger partial charge is 0.497 e. The fraction of sp³-hybridized carbons (Fsp3) is 0.407. The molecule has 0 radical (unpaired) electrons. The summed E-state index contributed by atoms with van der Waals surface area (Å²) in [5.41, 5.74) is 5.30. The van der Waals surface area contributed by atoms with Crippen molar-refractivity contribution < 1.29 is 9.47 Å². The van der Waals surface area contributed by atoms with Gasteiger partial charge in [-0.3, -0.25) is 5.43 Å². The molecule has 3 saturated carbocycles. The van der Waals surface area contributed by atoms with Gasteiger partial charge in [-0.05, 0) is 67.7 Å². The van der Waals surface area contributed by atoms with Crippen LogP contribution in [0.3, 0.4) is 0 Å². The average molecular weight is 473 g/mol. The van der Waals surface area contributed by atoms with E-state index >= 15 is 0 Å². The number of methoxy groups -OCH3 is 2. The van der Waals surface area contributed by atoms with Crippen LogP contribution in [0.2, 0.25) is 0 Å². The molecule has 3 aromatic rings. The highest BCUT2D eigenvalue weighted by atomic mass is 32.1. The van der Waals surface area contributed by atoms with Gasteiger partial charge in [-0.25, -0.2) is 0 Å². The van der Waals surface area contributed by atoms with E-state index in [4.69, 9.17) is 14.6 Å². The number of nitriles is 1. The van der Waals surface area contributed by atoms with Crippen molar-refractivity contribution in [2.24, 2.45) is 16.9 Å². The predicted octanol–water partition coefficient (Wildman–Crippen LogP) is 5.46. The summed E-state index contributed by atoms with van der Waals surface area (Å²) in [5.74, 6) is 3.88. The lowest BCUT2D eigenvalue weighted by molar-refractivity contribution is -0.0332. The Morgan fingerprint density at radius 2 is 2.00 bits per heavy atom. The summed E-state index contributed by atoms with van der Waals surface area (Å²) in [4.78, 5) is 3.58. The summed E-state index contributed by atoms with van der Waals surface area (Å²) in [6.07, 6.45) is 6.22. The number of fused-ring (bicyclic) bond motifs is 3. The normalized spacial score (nSPS) is 25.3. The van der Waals surface area contributed by atoms with Crippen molar-refractivity contribution in [2.45, 2.75) is 44.3 Å². The molecular weight excluding hydrogens is 444 g/mol. The van der Waals surface area contributed by atoms with Crippen LogP contribution < -0.4 is 14.9 Å². The molecule has 1 aliphatic heterocycles. The van der Waals surface area contributed by atoms with Crippen LogP contribution in [0.4, 0.5) is 0 Å². The number of hydrogen-bond acceptors (Lipinski definition) is 7. The minimum Gasteiger partial charge on any atom is -0.497 e. The van der Waals surface area contributed by atoms with Gasteiger partial charge in [0, 0.05) is 17.5 Å².